The SMILES string of the molecule is Cl.NCCCCNCC1CCN(C(=O)C2c3ccccc3Oc3ccccc32)CC1. The number of nitrogens with zero attached hydrogens (tertiary/aromatic N) is 1. The van der Waals surface area contributed by atoms with E-state index in [-0.39, 0.29) is 24.2 Å². The van der Waals surface area contributed by atoms with E-state index in [9.17, 15) is 4.79 Å². The Morgan fingerprint density at radius 1 is 1.00 bits per heavy atom. The predicted octanol–water partition coefficient (Wildman–Crippen LogP) is 3.91. The van der Waals surface area contributed by atoms with Gasteiger partial charge in [-0.15, -0.1) is 12.4 Å². The number of amides is 1. The molecule has 0 unspecified atom stereocenters. The molecule has 0 spiro atoms. The molecule has 6 heteroatoms. The number of likely N-dealkylation sites (tertiary alicyclic amines) is 1. The van der Waals surface area contributed by atoms with E-state index in [1.165, 1.54) is 0 Å². The third-order valence-corrected chi connectivity index (χ3v) is 6.09. The van der Waals surface area contributed by atoms with Gasteiger partial charge in [0.25, 0.3) is 0 Å². The van der Waals surface area contributed by atoms with Crippen LogP contribution in [0.15, 0.2) is 48.5 Å². The molecule has 0 saturated carbocycles. The van der Waals surface area contributed by atoms with Crippen LogP contribution in [0, 0.1) is 5.92 Å². The minimum Gasteiger partial charge on any atom is -0.457 e. The van der Waals surface area contributed by atoms with Crippen LogP contribution in [0.4, 0.5) is 0 Å². The van der Waals surface area contributed by atoms with Crippen molar-refractivity contribution in [2.45, 2.75) is 31.6 Å². The van der Waals surface area contributed by atoms with Crippen LogP contribution >= 0.6 is 12.4 Å². The van der Waals surface area contributed by atoms with Gasteiger partial charge in [0.05, 0.1) is 5.92 Å². The number of carbonyl (C=O) groups excluding carboxylic acids is 1. The summed E-state index contributed by atoms with van der Waals surface area (Å²) in [5.74, 6) is 2.15. The van der Waals surface area contributed by atoms with Gasteiger partial charge in [0.15, 0.2) is 0 Å². The third kappa shape index (κ3) is 4.97. The molecule has 1 saturated heterocycles. The number of carbonyl (C=O) groups is 1. The molecule has 5 nitrogen and oxygen atoms in total. The molecule has 2 aliphatic heterocycles. The van der Waals surface area contributed by atoms with Crippen LogP contribution in [0.25, 0.3) is 0 Å². The zero-order chi connectivity index (χ0) is 20.1. The van der Waals surface area contributed by atoms with Crippen LogP contribution in [0.5, 0.6) is 11.5 Å². The van der Waals surface area contributed by atoms with Crippen LogP contribution in [-0.4, -0.2) is 43.5 Å². The van der Waals surface area contributed by atoms with Crippen molar-refractivity contribution in [2.24, 2.45) is 11.7 Å². The first kappa shape index (κ1) is 22.6. The Morgan fingerprint density at radius 2 is 1.60 bits per heavy atom. The number of halogens is 1. The summed E-state index contributed by atoms with van der Waals surface area (Å²) in [6, 6.07) is 15.8. The molecular weight excluding hydrogens is 398 g/mol. The lowest BCUT2D eigenvalue weighted by molar-refractivity contribution is -0.133. The largest absolute Gasteiger partial charge is 0.457 e. The fourth-order valence-electron chi connectivity index (χ4n) is 4.42. The van der Waals surface area contributed by atoms with Crippen LogP contribution in [0.2, 0.25) is 0 Å². The van der Waals surface area contributed by atoms with E-state index in [4.69, 9.17) is 10.5 Å². The van der Waals surface area contributed by atoms with E-state index in [1.807, 2.05) is 48.5 Å². The maximum Gasteiger partial charge on any atom is 0.234 e. The van der Waals surface area contributed by atoms with Gasteiger partial charge in [-0.05, 0) is 63.4 Å². The number of hydrogen-bond acceptors (Lipinski definition) is 4. The topological polar surface area (TPSA) is 67.6 Å². The standard InChI is InChI=1S/C24H31N3O2.ClH/c25-13-5-6-14-26-17-18-11-15-27(16-12-18)24(28)23-19-7-1-3-9-21(19)29-22-10-4-2-8-20(22)23;/h1-4,7-10,18,23,26H,5-6,11-17,25H2;1H. The molecule has 2 aromatic carbocycles. The molecule has 30 heavy (non-hydrogen) atoms. The van der Waals surface area contributed by atoms with E-state index in [2.05, 4.69) is 10.2 Å². The van der Waals surface area contributed by atoms with Gasteiger partial charge in [-0.2, -0.15) is 0 Å². The molecule has 1 amide bonds. The molecule has 3 N–H and O–H groups in total. The Labute approximate surface area is 185 Å². The van der Waals surface area contributed by atoms with E-state index in [1.54, 1.807) is 0 Å². The molecule has 0 aromatic heterocycles. The van der Waals surface area contributed by atoms with Gasteiger partial charge >= 0.3 is 0 Å². The Morgan fingerprint density at radius 3 is 2.20 bits per heavy atom. The first-order valence-corrected chi connectivity index (χ1v) is 10.8. The van der Waals surface area contributed by atoms with Crippen LogP contribution in [0.1, 0.15) is 42.7 Å². The maximum atomic E-state index is 13.6. The first-order chi connectivity index (χ1) is 14.3. The Balaban J connectivity index is 0.00000256. The number of rotatable bonds is 7. The fraction of sp³-hybridized carbons (Fsp3) is 0.458. The van der Waals surface area contributed by atoms with Gasteiger partial charge in [-0.1, -0.05) is 36.4 Å². The minimum atomic E-state index is -0.276. The smallest absolute Gasteiger partial charge is 0.234 e. The highest BCUT2D eigenvalue weighted by Crippen LogP contribution is 2.44. The summed E-state index contributed by atoms with van der Waals surface area (Å²) in [5, 5.41) is 3.55. The maximum absolute atomic E-state index is 13.6. The number of piperidine rings is 1. The van der Waals surface area contributed by atoms with Gasteiger partial charge < -0.3 is 20.7 Å². The van der Waals surface area contributed by atoms with Gasteiger partial charge in [-0.3, -0.25) is 4.79 Å². The average molecular weight is 430 g/mol. The van der Waals surface area contributed by atoms with Crippen LogP contribution < -0.4 is 15.8 Å². The van der Waals surface area contributed by atoms with Crippen molar-refractivity contribution in [2.75, 3.05) is 32.7 Å². The monoisotopic (exact) mass is 429 g/mol. The van der Waals surface area contributed by atoms with Crippen molar-refractivity contribution in [1.29, 1.82) is 0 Å². The zero-order valence-corrected chi connectivity index (χ0v) is 18.2. The van der Waals surface area contributed by atoms with Gasteiger partial charge in [0.1, 0.15) is 11.5 Å². The molecule has 2 aromatic rings. The number of unbranched alkanes of at least 4 members (excludes halogenated alkanes) is 1. The Bertz CT molecular complexity index is 791. The molecule has 1 fully saturated rings. The van der Waals surface area contributed by atoms with E-state index in [0.717, 1.165) is 81.0 Å². The van der Waals surface area contributed by atoms with Crippen LogP contribution in [-0.2, 0) is 4.79 Å². The normalized spacial score (nSPS) is 16.2. The summed E-state index contributed by atoms with van der Waals surface area (Å²) in [5.41, 5.74) is 7.49. The molecule has 0 aliphatic carbocycles. The van der Waals surface area contributed by atoms with Crippen molar-refractivity contribution >= 4 is 18.3 Å². The Kier molecular flexibility index (Phi) is 8.14. The number of nitrogens with two attached hydrogens (primary N) is 1. The van der Waals surface area contributed by atoms with E-state index >= 15 is 0 Å². The van der Waals surface area contributed by atoms with Gasteiger partial charge in [0.2, 0.25) is 5.91 Å². The second kappa shape index (κ2) is 10.8. The molecule has 0 radical (unpaired) electrons. The fourth-order valence-corrected chi connectivity index (χ4v) is 4.42. The van der Waals surface area contributed by atoms with Crippen LogP contribution in [0.3, 0.4) is 0 Å². The highest BCUT2D eigenvalue weighted by molar-refractivity contribution is 5.89. The molecule has 162 valence electrons. The quantitative estimate of drug-likeness (QED) is 0.655. The predicted molar refractivity (Wildman–Crippen MR) is 123 cm³/mol. The average Bonchev–Trinajstić information content (AvgIpc) is 2.77. The minimum absolute atomic E-state index is 0. The third-order valence-electron chi connectivity index (χ3n) is 6.09. The van der Waals surface area contributed by atoms with Gasteiger partial charge in [-0.25, -0.2) is 0 Å². The molecule has 0 atom stereocenters. The number of ether oxygens (including phenoxy) is 1. The first-order valence-electron chi connectivity index (χ1n) is 10.8. The molecule has 0 bridgehead atoms. The number of benzene rings is 2. The van der Waals surface area contributed by atoms with Crippen molar-refractivity contribution in [3.63, 3.8) is 0 Å². The lowest BCUT2D eigenvalue weighted by atomic mass is 9.86. The highest BCUT2D eigenvalue weighted by atomic mass is 35.5. The summed E-state index contributed by atoms with van der Waals surface area (Å²) >= 11 is 0. The molecule has 4 rings (SSSR count). The van der Waals surface area contributed by atoms with Crippen molar-refractivity contribution in [3.8, 4) is 11.5 Å². The highest BCUT2D eigenvalue weighted by Gasteiger charge is 2.36. The van der Waals surface area contributed by atoms with Crippen molar-refractivity contribution < 1.29 is 9.53 Å². The molecule has 2 heterocycles. The summed E-state index contributed by atoms with van der Waals surface area (Å²) in [6.07, 6.45) is 4.33. The van der Waals surface area contributed by atoms with Crippen molar-refractivity contribution in [3.05, 3.63) is 59.7 Å². The lowest BCUT2D eigenvalue weighted by Crippen LogP contribution is -2.43. The summed E-state index contributed by atoms with van der Waals surface area (Å²) < 4.78 is 6.05. The molecular formula is C24H32ClN3O2. The summed E-state index contributed by atoms with van der Waals surface area (Å²) in [7, 11) is 0. The summed E-state index contributed by atoms with van der Waals surface area (Å²) in [4.78, 5) is 15.6. The molecule has 2 aliphatic rings. The zero-order valence-electron chi connectivity index (χ0n) is 17.4. The van der Waals surface area contributed by atoms with Crippen molar-refractivity contribution in [1.82, 2.24) is 10.2 Å². The number of para-hydroxylation sites is 2. The second-order valence-corrected chi connectivity index (χ2v) is 8.08. The van der Waals surface area contributed by atoms with E-state index < -0.39 is 0 Å². The Hall–Kier alpha value is -2.08. The lowest BCUT2D eigenvalue weighted by Gasteiger charge is -2.36. The number of nitrogens with one attached hydrogen (secondary N) is 1. The second-order valence-electron chi connectivity index (χ2n) is 8.08. The number of hydrogen-bond donors (Lipinski definition) is 2. The number of fused-ring (bicyclic) bond motifs is 2. The summed E-state index contributed by atoms with van der Waals surface area (Å²) in [6.45, 7) is 4.49. The van der Waals surface area contributed by atoms with E-state index in [0.29, 0.717) is 5.92 Å². The van der Waals surface area contributed by atoms with Gasteiger partial charge in [0, 0.05) is 24.2 Å².